The second-order valence-electron chi connectivity index (χ2n) is 7.56. The minimum atomic E-state index is -4.35. The Morgan fingerprint density at radius 1 is 1.00 bits per heavy atom. The van der Waals surface area contributed by atoms with E-state index in [4.69, 9.17) is 4.74 Å². The quantitative estimate of drug-likeness (QED) is 0.776. The number of piperidine rings is 1. The number of aromatic nitrogens is 3. The lowest BCUT2D eigenvalue weighted by Crippen LogP contribution is -2.43. The van der Waals surface area contributed by atoms with Crippen molar-refractivity contribution in [2.45, 2.75) is 19.0 Å². The Kier molecular flexibility index (Phi) is 5.96. The van der Waals surface area contributed by atoms with Crippen molar-refractivity contribution in [2.24, 2.45) is 5.92 Å². The predicted octanol–water partition coefficient (Wildman–Crippen LogP) is 3.11. The van der Waals surface area contributed by atoms with Crippen LogP contribution < -0.4 is 4.90 Å². The van der Waals surface area contributed by atoms with Gasteiger partial charge in [-0.2, -0.15) is 18.3 Å². The molecule has 0 aliphatic carbocycles. The van der Waals surface area contributed by atoms with Gasteiger partial charge in [0.25, 0.3) is 0 Å². The maximum absolute atomic E-state index is 12.8. The second kappa shape index (κ2) is 8.62. The first-order chi connectivity index (χ1) is 14.0. The smallest absolute Gasteiger partial charge is 0.379 e. The lowest BCUT2D eigenvalue weighted by molar-refractivity contribution is -0.137. The third-order valence-corrected chi connectivity index (χ3v) is 5.57. The van der Waals surface area contributed by atoms with Gasteiger partial charge in [-0.3, -0.25) is 4.90 Å². The number of morpholine rings is 1. The van der Waals surface area contributed by atoms with Crippen molar-refractivity contribution in [3.8, 4) is 11.3 Å². The molecule has 0 spiro atoms. The zero-order valence-electron chi connectivity index (χ0n) is 16.1. The molecule has 2 aromatic rings. The molecule has 2 saturated heterocycles. The van der Waals surface area contributed by atoms with Crippen LogP contribution in [0.1, 0.15) is 18.4 Å². The number of hydrogen-bond acceptors (Lipinski definition) is 6. The monoisotopic (exact) mass is 407 g/mol. The molecule has 156 valence electrons. The number of ether oxygens (including phenoxy) is 1. The highest BCUT2D eigenvalue weighted by atomic mass is 19.4. The molecule has 0 N–H and O–H groups in total. The van der Waals surface area contributed by atoms with Crippen LogP contribution in [0, 0.1) is 5.92 Å². The van der Waals surface area contributed by atoms with Gasteiger partial charge >= 0.3 is 6.18 Å². The van der Waals surface area contributed by atoms with E-state index in [2.05, 4.69) is 25.0 Å². The highest BCUT2D eigenvalue weighted by Gasteiger charge is 2.30. The molecule has 4 rings (SSSR count). The van der Waals surface area contributed by atoms with Crippen LogP contribution in [0.25, 0.3) is 11.3 Å². The van der Waals surface area contributed by atoms with E-state index in [9.17, 15) is 13.2 Å². The summed E-state index contributed by atoms with van der Waals surface area (Å²) in [6, 6.07) is 4.97. The lowest BCUT2D eigenvalue weighted by Gasteiger charge is -2.35. The minimum absolute atomic E-state index is 0.527. The molecule has 0 unspecified atom stereocenters. The van der Waals surface area contributed by atoms with Crippen molar-refractivity contribution in [2.75, 3.05) is 50.8 Å². The van der Waals surface area contributed by atoms with Crippen molar-refractivity contribution in [3.05, 3.63) is 36.0 Å². The Labute approximate surface area is 167 Å². The molecule has 1 aromatic carbocycles. The largest absolute Gasteiger partial charge is 0.416 e. The molecule has 0 atom stereocenters. The number of alkyl halides is 3. The molecule has 3 heterocycles. The van der Waals surface area contributed by atoms with Crippen LogP contribution in [-0.2, 0) is 10.9 Å². The maximum Gasteiger partial charge on any atom is 0.416 e. The van der Waals surface area contributed by atoms with Gasteiger partial charge in [-0.05, 0) is 30.9 Å². The lowest BCUT2D eigenvalue weighted by atomic mass is 9.96. The normalized spacial score (nSPS) is 19.5. The zero-order chi connectivity index (χ0) is 20.3. The molecule has 0 amide bonds. The van der Waals surface area contributed by atoms with Gasteiger partial charge in [-0.15, -0.1) is 5.10 Å². The molecular formula is C20H24F3N5O. The molecule has 0 bridgehead atoms. The molecule has 6 nitrogen and oxygen atoms in total. The maximum atomic E-state index is 12.8. The van der Waals surface area contributed by atoms with E-state index >= 15 is 0 Å². The van der Waals surface area contributed by atoms with E-state index in [0.717, 1.165) is 70.9 Å². The molecule has 0 radical (unpaired) electrons. The molecule has 0 saturated carbocycles. The third-order valence-electron chi connectivity index (χ3n) is 5.57. The average molecular weight is 407 g/mol. The standard InChI is InChI=1S/C20H24F3N5O/c21-20(22,23)17-3-1-16(2-4-17)18-13-24-26-19(25-18)28-7-5-15(6-8-28)14-27-9-11-29-12-10-27/h1-4,13,15H,5-12,14H2. The van der Waals surface area contributed by atoms with Crippen LogP contribution in [-0.4, -0.2) is 66.0 Å². The van der Waals surface area contributed by atoms with Crippen LogP contribution in [0.15, 0.2) is 30.5 Å². The van der Waals surface area contributed by atoms with Crippen LogP contribution >= 0.6 is 0 Å². The Balaban J connectivity index is 1.38. The first kappa shape index (κ1) is 20.0. The fourth-order valence-electron chi connectivity index (χ4n) is 3.86. The van der Waals surface area contributed by atoms with Gasteiger partial charge < -0.3 is 9.64 Å². The van der Waals surface area contributed by atoms with Crippen LogP contribution in [0.4, 0.5) is 19.1 Å². The summed E-state index contributed by atoms with van der Waals surface area (Å²) < 4.78 is 43.7. The number of rotatable bonds is 4. The second-order valence-corrected chi connectivity index (χ2v) is 7.56. The Morgan fingerprint density at radius 2 is 1.69 bits per heavy atom. The first-order valence-electron chi connectivity index (χ1n) is 9.91. The van der Waals surface area contributed by atoms with Crippen LogP contribution in [0.5, 0.6) is 0 Å². The molecule has 9 heteroatoms. The van der Waals surface area contributed by atoms with E-state index in [1.807, 2.05) is 0 Å². The Hall–Kier alpha value is -2.26. The molecule has 2 aliphatic rings. The van der Waals surface area contributed by atoms with Gasteiger partial charge in [0, 0.05) is 38.3 Å². The van der Waals surface area contributed by atoms with Gasteiger partial charge in [-0.1, -0.05) is 12.1 Å². The molecule has 1 aromatic heterocycles. The van der Waals surface area contributed by atoms with E-state index in [1.165, 1.54) is 18.3 Å². The minimum Gasteiger partial charge on any atom is -0.379 e. The van der Waals surface area contributed by atoms with E-state index in [0.29, 0.717) is 23.1 Å². The van der Waals surface area contributed by atoms with Crippen molar-refractivity contribution in [3.63, 3.8) is 0 Å². The molecule has 29 heavy (non-hydrogen) atoms. The summed E-state index contributed by atoms with van der Waals surface area (Å²) in [5.41, 5.74) is 0.446. The number of anilines is 1. The summed E-state index contributed by atoms with van der Waals surface area (Å²) in [7, 11) is 0. The van der Waals surface area contributed by atoms with Gasteiger partial charge in [0.1, 0.15) is 0 Å². The summed E-state index contributed by atoms with van der Waals surface area (Å²) in [5, 5.41) is 8.17. The summed E-state index contributed by atoms with van der Waals surface area (Å²) in [4.78, 5) is 9.12. The fraction of sp³-hybridized carbons (Fsp3) is 0.550. The van der Waals surface area contributed by atoms with Crippen LogP contribution in [0.3, 0.4) is 0 Å². The molecule has 2 aliphatic heterocycles. The van der Waals surface area contributed by atoms with Crippen LogP contribution in [0.2, 0.25) is 0 Å². The van der Waals surface area contributed by atoms with Gasteiger partial charge in [0.05, 0.1) is 30.7 Å². The van der Waals surface area contributed by atoms with E-state index in [-0.39, 0.29) is 0 Å². The first-order valence-corrected chi connectivity index (χ1v) is 9.91. The fourth-order valence-corrected chi connectivity index (χ4v) is 3.86. The summed E-state index contributed by atoms with van der Waals surface area (Å²) in [5.74, 6) is 1.18. The Bertz CT molecular complexity index is 801. The van der Waals surface area contributed by atoms with Crippen molar-refractivity contribution in [1.29, 1.82) is 0 Å². The summed E-state index contributed by atoms with van der Waals surface area (Å²) in [6.45, 7) is 6.44. The molecule has 2 fully saturated rings. The predicted molar refractivity (Wildman–Crippen MR) is 102 cm³/mol. The summed E-state index contributed by atoms with van der Waals surface area (Å²) in [6.07, 6.45) is -0.743. The highest BCUT2D eigenvalue weighted by molar-refractivity contribution is 5.59. The number of halogens is 3. The highest BCUT2D eigenvalue weighted by Crippen LogP contribution is 2.31. The SMILES string of the molecule is FC(F)(F)c1ccc(-c2cnnc(N3CCC(CN4CCOCC4)CC3)n2)cc1. The van der Waals surface area contributed by atoms with Crippen molar-refractivity contribution < 1.29 is 17.9 Å². The van der Waals surface area contributed by atoms with Gasteiger partial charge in [0.15, 0.2) is 0 Å². The van der Waals surface area contributed by atoms with E-state index in [1.54, 1.807) is 0 Å². The summed E-state index contributed by atoms with van der Waals surface area (Å²) >= 11 is 0. The van der Waals surface area contributed by atoms with Crippen molar-refractivity contribution >= 4 is 5.95 Å². The average Bonchev–Trinajstić information content (AvgIpc) is 2.75. The zero-order valence-corrected chi connectivity index (χ0v) is 16.1. The topological polar surface area (TPSA) is 54.4 Å². The Morgan fingerprint density at radius 3 is 2.34 bits per heavy atom. The van der Waals surface area contributed by atoms with Gasteiger partial charge in [-0.25, -0.2) is 4.98 Å². The third kappa shape index (κ3) is 5.02. The number of nitrogens with zero attached hydrogens (tertiary/aromatic N) is 5. The van der Waals surface area contributed by atoms with E-state index < -0.39 is 11.7 Å². The molecular weight excluding hydrogens is 383 g/mol. The van der Waals surface area contributed by atoms with Crippen molar-refractivity contribution in [1.82, 2.24) is 20.1 Å². The number of benzene rings is 1. The number of hydrogen-bond donors (Lipinski definition) is 0. The van der Waals surface area contributed by atoms with Gasteiger partial charge in [0.2, 0.25) is 5.95 Å².